The van der Waals surface area contributed by atoms with E-state index in [0.29, 0.717) is 0 Å². The van der Waals surface area contributed by atoms with E-state index in [1.54, 1.807) is 11.3 Å². The van der Waals surface area contributed by atoms with Crippen LogP contribution in [0.1, 0.15) is 11.3 Å². The summed E-state index contributed by atoms with van der Waals surface area (Å²) in [6.45, 7) is 2.83. The van der Waals surface area contributed by atoms with E-state index in [-0.39, 0.29) is 0 Å². The summed E-state index contributed by atoms with van der Waals surface area (Å²) in [7, 11) is 2.11. The zero-order chi connectivity index (χ0) is 8.81. The maximum absolute atomic E-state index is 5.41. The lowest BCUT2D eigenvalue weighted by molar-refractivity contribution is 0.327. The zero-order valence-electron chi connectivity index (χ0n) is 7.36. The molecule has 12 heavy (non-hydrogen) atoms. The van der Waals surface area contributed by atoms with Gasteiger partial charge in [0.05, 0.1) is 5.51 Å². The molecule has 0 radical (unpaired) electrons. The Kier molecular flexibility index (Phi) is 4.21. The standard InChI is InChI=1S/C8H15N3S/c1-11(4-2-3-9)6-8-5-10-7-12-8/h5,7H,2-4,6,9H2,1H3. The predicted molar refractivity (Wildman–Crippen MR) is 52.1 cm³/mol. The Balaban J connectivity index is 2.22. The Morgan fingerprint density at radius 3 is 3.08 bits per heavy atom. The minimum atomic E-state index is 0.771. The van der Waals surface area contributed by atoms with E-state index in [2.05, 4.69) is 16.9 Å². The molecule has 0 bridgehead atoms. The Labute approximate surface area is 77.2 Å². The van der Waals surface area contributed by atoms with Gasteiger partial charge in [0.2, 0.25) is 0 Å². The molecule has 0 amide bonds. The van der Waals surface area contributed by atoms with Crippen LogP contribution in [0.25, 0.3) is 0 Å². The third-order valence-electron chi connectivity index (χ3n) is 1.65. The van der Waals surface area contributed by atoms with Crippen molar-refractivity contribution in [2.45, 2.75) is 13.0 Å². The van der Waals surface area contributed by atoms with Crippen LogP contribution in [0, 0.1) is 0 Å². The zero-order valence-corrected chi connectivity index (χ0v) is 8.18. The maximum Gasteiger partial charge on any atom is 0.0794 e. The first-order valence-electron chi connectivity index (χ1n) is 4.09. The highest BCUT2D eigenvalue weighted by Crippen LogP contribution is 2.07. The first kappa shape index (κ1) is 9.64. The molecule has 1 heterocycles. The number of nitrogens with two attached hydrogens (primary N) is 1. The fraction of sp³-hybridized carbons (Fsp3) is 0.625. The van der Waals surface area contributed by atoms with Gasteiger partial charge in [-0.05, 0) is 26.6 Å². The lowest BCUT2D eigenvalue weighted by Gasteiger charge is -2.13. The van der Waals surface area contributed by atoms with Crippen LogP contribution in [0.3, 0.4) is 0 Å². The van der Waals surface area contributed by atoms with E-state index in [0.717, 1.165) is 26.1 Å². The molecular formula is C8H15N3S. The molecule has 1 rings (SSSR count). The Hall–Kier alpha value is -0.450. The van der Waals surface area contributed by atoms with Crippen molar-refractivity contribution < 1.29 is 0 Å². The van der Waals surface area contributed by atoms with Crippen LogP contribution in [-0.2, 0) is 6.54 Å². The van der Waals surface area contributed by atoms with Crippen LogP contribution in [0.4, 0.5) is 0 Å². The van der Waals surface area contributed by atoms with Gasteiger partial charge in [-0.2, -0.15) is 0 Å². The van der Waals surface area contributed by atoms with Crippen molar-refractivity contribution in [3.8, 4) is 0 Å². The van der Waals surface area contributed by atoms with Crippen LogP contribution in [0.5, 0.6) is 0 Å². The summed E-state index contributed by atoms with van der Waals surface area (Å²) in [5.41, 5.74) is 7.28. The highest BCUT2D eigenvalue weighted by atomic mass is 32.1. The summed E-state index contributed by atoms with van der Waals surface area (Å²) in [5, 5.41) is 0. The second-order valence-corrected chi connectivity index (χ2v) is 3.82. The van der Waals surface area contributed by atoms with Crippen molar-refractivity contribution in [2.24, 2.45) is 5.73 Å². The Bertz CT molecular complexity index is 198. The van der Waals surface area contributed by atoms with E-state index in [1.807, 2.05) is 11.7 Å². The highest BCUT2D eigenvalue weighted by Gasteiger charge is 1.99. The SMILES string of the molecule is CN(CCCN)Cc1cncs1. The quantitative estimate of drug-likeness (QED) is 0.742. The number of nitrogens with zero attached hydrogens (tertiary/aromatic N) is 2. The number of aromatic nitrogens is 1. The molecule has 0 fully saturated rings. The van der Waals surface area contributed by atoms with E-state index >= 15 is 0 Å². The van der Waals surface area contributed by atoms with Gasteiger partial charge in [-0.1, -0.05) is 0 Å². The largest absolute Gasteiger partial charge is 0.330 e. The van der Waals surface area contributed by atoms with E-state index in [9.17, 15) is 0 Å². The monoisotopic (exact) mass is 185 g/mol. The molecule has 3 nitrogen and oxygen atoms in total. The van der Waals surface area contributed by atoms with Crippen LogP contribution in [0.2, 0.25) is 0 Å². The van der Waals surface area contributed by atoms with Crippen molar-refractivity contribution in [1.29, 1.82) is 0 Å². The van der Waals surface area contributed by atoms with Crippen molar-refractivity contribution in [3.05, 3.63) is 16.6 Å². The highest BCUT2D eigenvalue weighted by molar-refractivity contribution is 7.09. The first-order valence-corrected chi connectivity index (χ1v) is 4.97. The van der Waals surface area contributed by atoms with E-state index in [1.165, 1.54) is 4.88 Å². The van der Waals surface area contributed by atoms with Crippen LogP contribution >= 0.6 is 11.3 Å². The van der Waals surface area contributed by atoms with E-state index in [4.69, 9.17) is 5.73 Å². The van der Waals surface area contributed by atoms with Crippen molar-refractivity contribution >= 4 is 11.3 Å². The van der Waals surface area contributed by atoms with E-state index < -0.39 is 0 Å². The maximum atomic E-state index is 5.41. The molecular weight excluding hydrogens is 170 g/mol. The van der Waals surface area contributed by atoms with Gasteiger partial charge in [0.25, 0.3) is 0 Å². The number of hydrogen-bond donors (Lipinski definition) is 1. The molecule has 0 unspecified atom stereocenters. The van der Waals surface area contributed by atoms with Gasteiger partial charge in [0.15, 0.2) is 0 Å². The van der Waals surface area contributed by atoms with Gasteiger partial charge in [0, 0.05) is 17.6 Å². The molecule has 1 aromatic heterocycles. The van der Waals surface area contributed by atoms with Crippen molar-refractivity contribution in [2.75, 3.05) is 20.1 Å². The fourth-order valence-corrected chi connectivity index (χ4v) is 1.70. The van der Waals surface area contributed by atoms with Gasteiger partial charge in [-0.15, -0.1) is 11.3 Å². The van der Waals surface area contributed by atoms with Crippen LogP contribution in [0.15, 0.2) is 11.7 Å². The Morgan fingerprint density at radius 2 is 2.50 bits per heavy atom. The summed E-state index contributed by atoms with van der Waals surface area (Å²) in [5.74, 6) is 0. The predicted octanol–water partition coefficient (Wildman–Crippen LogP) is 0.924. The summed E-state index contributed by atoms with van der Waals surface area (Å²) in [6.07, 6.45) is 2.99. The second kappa shape index (κ2) is 5.24. The van der Waals surface area contributed by atoms with Crippen molar-refractivity contribution in [1.82, 2.24) is 9.88 Å². The number of thiazole rings is 1. The van der Waals surface area contributed by atoms with Gasteiger partial charge in [-0.25, -0.2) is 0 Å². The Morgan fingerprint density at radius 1 is 1.67 bits per heavy atom. The third-order valence-corrected chi connectivity index (χ3v) is 2.42. The molecule has 0 atom stereocenters. The van der Waals surface area contributed by atoms with Gasteiger partial charge < -0.3 is 10.6 Å². The average molecular weight is 185 g/mol. The first-order chi connectivity index (χ1) is 5.83. The molecule has 4 heteroatoms. The van der Waals surface area contributed by atoms with Crippen LogP contribution < -0.4 is 5.73 Å². The molecule has 0 aromatic carbocycles. The normalized spacial score (nSPS) is 10.9. The second-order valence-electron chi connectivity index (χ2n) is 2.85. The minimum Gasteiger partial charge on any atom is -0.330 e. The molecule has 2 N–H and O–H groups in total. The molecule has 0 saturated heterocycles. The summed E-state index contributed by atoms with van der Waals surface area (Å²) < 4.78 is 0. The molecule has 1 aromatic rings. The topological polar surface area (TPSA) is 42.1 Å². The van der Waals surface area contributed by atoms with Gasteiger partial charge in [0.1, 0.15) is 0 Å². The van der Waals surface area contributed by atoms with Crippen LogP contribution in [-0.4, -0.2) is 30.0 Å². The molecule has 0 aliphatic heterocycles. The molecule has 0 spiro atoms. The molecule has 0 aliphatic carbocycles. The summed E-state index contributed by atoms with van der Waals surface area (Å²) >= 11 is 1.70. The van der Waals surface area contributed by atoms with Gasteiger partial charge in [-0.3, -0.25) is 4.98 Å². The number of rotatable bonds is 5. The van der Waals surface area contributed by atoms with Crippen molar-refractivity contribution in [3.63, 3.8) is 0 Å². The third kappa shape index (κ3) is 3.30. The molecule has 0 aliphatic rings. The summed E-state index contributed by atoms with van der Waals surface area (Å²) in [4.78, 5) is 7.60. The lowest BCUT2D eigenvalue weighted by Crippen LogP contribution is -2.20. The van der Waals surface area contributed by atoms with Gasteiger partial charge >= 0.3 is 0 Å². The average Bonchev–Trinajstić information content (AvgIpc) is 2.53. The number of hydrogen-bond acceptors (Lipinski definition) is 4. The smallest absolute Gasteiger partial charge is 0.0794 e. The summed E-state index contributed by atoms with van der Waals surface area (Å²) in [6, 6.07) is 0. The lowest BCUT2D eigenvalue weighted by atomic mass is 10.4. The molecule has 68 valence electrons. The minimum absolute atomic E-state index is 0.771. The fourth-order valence-electron chi connectivity index (χ4n) is 1.03. The molecule has 0 saturated carbocycles.